The van der Waals surface area contributed by atoms with Crippen LogP contribution >= 0.6 is 34.0 Å². The summed E-state index contributed by atoms with van der Waals surface area (Å²) in [6.07, 6.45) is 0. The maximum atomic E-state index is 5.25. The summed E-state index contributed by atoms with van der Waals surface area (Å²) in [7, 11) is 0. The fraction of sp³-hybridized carbons (Fsp3) is 0. The predicted molar refractivity (Wildman–Crippen MR) is 330 cm³/mol. The summed E-state index contributed by atoms with van der Waals surface area (Å²) in [5.74, 6) is 1.93. The molecule has 0 saturated heterocycles. The average Bonchev–Trinajstić information content (AvgIpc) is 4.34. The summed E-state index contributed by atoms with van der Waals surface area (Å²) in [5.41, 5.74) is 13.2. The van der Waals surface area contributed by atoms with Crippen molar-refractivity contribution < 1.29 is 0 Å². The van der Waals surface area contributed by atoms with Crippen molar-refractivity contribution in [3.63, 3.8) is 0 Å². The molecule has 13 rings (SSSR count). The molecular formula is C69H48N6S3. The van der Waals surface area contributed by atoms with Crippen LogP contribution in [0.4, 0.5) is 51.2 Å². The fourth-order valence-corrected chi connectivity index (χ4v) is 12.5. The molecule has 0 radical (unpaired) electrons. The molecule has 0 aliphatic rings. The lowest BCUT2D eigenvalue weighted by molar-refractivity contribution is 1.09. The van der Waals surface area contributed by atoms with E-state index in [9.17, 15) is 0 Å². The number of para-hydroxylation sites is 6. The molecule has 0 fully saturated rings. The van der Waals surface area contributed by atoms with Crippen molar-refractivity contribution in [2.75, 3.05) is 14.7 Å². The second kappa shape index (κ2) is 22.0. The molecule has 9 aromatic carbocycles. The molecule has 0 N–H and O–H groups in total. The highest BCUT2D eigenvalue weighted by molar-refractivity contribution is 7.19. The van der Waals surface area contributed by atoms with Crippen LogP contribution in [0.5, 0.6) is 0 Å². The Morgan fingerprint density at radius 2 is 0.359 bits per heavy atom. The normalized spacial score (nSPS) is 11.1. The molecule has 0 bridgehead atoms. The van der Waals surface area contributed by atoms with Crippen molar-refractivity contribution in [1.29, 1.82) is 0 Å². The van der Waals surface area contributed by atoms with Crippen LogP contribution in [0.15, 0.2) is 291 Å². The first kappa shape index (κ1) is 48.2. The number of rotatable bonds is 15. The largest absolute Gasteiger partial charge is 0.311 e. The molecule has 0 aliphatic heterocycles. The van der Waals surface area contributed by atoms with Crippen molar-refractivity contribution in [3.8, 4) is 63.4 Å². The first-order valence-electron chi connectivity index (χ1n) is 25.7. The van der Waals surface area contributed by atoms with Crippen molar-refractivity contribution in [2.45, 2.75) is 0 Å². The zero-order valence-corrected chi connectivity index (χ0v) is 44.6. The highest BCUT2D eigenvalue weighted by Crippen LogP contribution is 2.43. The SMILES string of the molecule is c1ccc(N(c2ccccc2)c2ccc(-c3ccc(-c4nc(-c5ccc(-c6ccc(N(c7ccccc7)c7ccccc7)cc6)s5)nc(-c5ccc(-c6ccc(N(c7ccccc7)c7ccccc7)cc6)s5)n4)s3)cc2)cc1. The predicted octanol–water partition coefficient (Wildman–Crippen LogP) is 20.5. The molecule has 0 amide bonds. The van der Waals surface area contributed by atoms with E-state index in [0.29, 0.717) is 17.5 Å². The standard InChI is InChI=1S/C69H48N6S3/c1-7-19-52(20-8-1)73(53-21-9-2-10-22-53)58-37-31-49(32-38-58)61-43-46-64(76-61)67-70-68(65-47-44-62(77-65)50-33-39-59(40-34-50)74(54-23-11-3-12-24-54)55-25-13-4-14-26-55)72-69(71-67)66-48-45-63(78-66)51-35-41-60(42-36-51)75(56-27-15-5-16-28-56)57-29-17-6-18-30-57/h1-48H. The zero-order chi connectivity index (χ0) is 52.0. The Morgan fingerprint density at radius 1 is 0.179 bits per heavy atom. The maximum absolute atomic E-state index is 5.25. The Labute approximate surface area is 466 Å². The molecule has 0 saturated carbocycles. The Morgan fingerprint density at radius 3 is 0.564 bits per heavy atom. The first-order chi connectivity index (χ1) is 38.6. The lowest BCUT2D eigenvalue weighted by Gasteiger charge is -2.25. The van der Waals surface area contributed by atoms with E-state index in [-0.39, 0.29) is 0 Å². The van der Waals surface area contributed by atoms with Gasteiger partial charge in [-0.15, -0.1) is 34.0 Å². The van der Waals surface area contributed by atoms with Crippen LogP contribution in [0, 0.1) is 0 Å². The van der Waals surface area contributed by atoms with Crippen molar-refractivity contribution in [2.24, 2.45) is 0 Å². The minimum atomic E-state index is 0.643. The van der Waals surface area contributed by atoms with Crippen LogP contribution in [0.25, 0.3) is 63.4 Å². The molecule has 0 unspecified atom stereocenters. The van der Waals surface area contributed by atoms with Gasteiger partial charge in [0.2, 0.25) is 0 Å². The van der Waals surface area contributed by atoms with E-state index >= 15 is 0 Å². The van der Waals surface area contributed by atoms with Gasteiger partial charge in [0.05, 0.1) is 14.6 Å². The third-order valence-electron chi connectivity index (χ3n) is 13.4. The number of aromatic nitrogens is 3. The molecule has 13 aromatic rings. The van der Waals surface area contributed by atoms with Gasteiger partial charge < -0.3 is 14.7 Å². The second-order valence-electron chi connectivity index (χ2n) is 18.5. The van der Waals surface area contributed by atoms with E-state index < -0.39 is 0 Å². The van der Waals surface area contributed by atoms with Crippen LogP contribution in [0.2, 0.25) is 0 Å². The second-order valence-corrected chi connectivity index (χ2v) is 21.7. The van der Waals surface area contributed by atoms with Gasteiger partial charge in [0.1, 0.15) is 0 Å². The van der Waals surface area contributed by atoms with Gasteiger partial charge >= 0.3 is 0 Å². The van der Waals surface area contributed by atoms with Gasteiger partial charge in [-0.05, 0) is 162 Å². The van der Waals surface area contributed by atoms with Gasteiger partial charge in [0, 0.05) is 65.8 Å². The molecule has 6 nitrogen and oxygen atoms in total. The van der Waals surface area contributed by atoms with Crippen molar-refractivity contribution in [3.05, 3.63) is 291 Å². The Bertz CT molecular complexity index is 3500. The highest BCUT2D eigenvalue weighted by Gasteiger charge is 2.20. The lowest BCUT2D eigenvalue weighted by Crippen LogP contribution is -2.09. The van der Waals surface area contributed by atoms with Gasteiger partial charge in [0.15, 0.2) is 17.5 Å². The first-order valence-corrected chi connectivity index (χ1v) is 28.2. The summed E-state index contributed by atoms with van der Waals surface area (Å²) < 4.78 is 0. The van der Waals surface area contributed by atoms with Crippen LogP contribution < -0.4 is 14.7 Å². The monoisotopic (exact) mass is 1060 g/mol. The molecular weight excluding hydrogens is 1010 g/mol. The highest BCUT2D eigenvalue weighted by atomic mass is 32.1. The molecule has 0 spiro atoms. The molecule has 78 heavy (non-hydrogen) atoms. The van der Waals surface area contributed by atoms with Gasteiger partial charge in [-0.3, -0.25) is 0 Å². The van der Waals surface area contributed by atoms with Crippen LogP contribution in [-0.4, -0.2) is 15.0 Å². The van der Waals surface area contributed by atoms with Crippen LogP contribution in [0.1, 0.15) is 0 Å². The molecule has 372 valence electrons. The topological polar surface area (TPSA) is 48.4 Å². The van der Waals surface area contributed by atoms with E-state index in [1.165, 1.54) is 0 Å². The third-order valence-corrected chi connectivity index (χ3v) is 16.8. The van der Waals surface area contributed by atoms with Gasteiger partial charge in [-0.2, -0.15) is 0 Å². The Kier molecular flexibility index (Phi) is 13.6. The summed E-state index contributed by atoms with van der Waals surface area (Å²) in [6.45, 7) is 0. The fourth-order valence-electron chi connectivity index (χ4n) is 9.67. The number of hydrogen-bond acceptors (Lipinski definition) is 9. The minimum absolute atomic E-state index is 0.643. The molecule has 0 aliphatic carbocycles. The summed E-state index contributed by atoms with van der Waals surface area (Å²) in [6, 6.07) is 102. The number of thiophene rings is 3. The number of hydrogen-bond donors (Lipinski definition) is 0. The van der Waals surface area contributed by atoms with E-state index in [0.717, 1.165) is 97.1 Å². The number of nitrogens with zero attached hydrogens (tertiary/aromatic N) is 6. The van der Waals surface area contributed by atoms with Gasteiger partial charge in [0.25, 0.3) is 0 Å². The molecule has 9 heteroatoms. The summed E-state index contributed by atoms with van der Waals surface area (Å²) >= 11 is 5.07. The van der Waals surface area contributed by atoms with Gasteiger partial charge in [-0.25, -0.2) is 15.0 Å². The van der Waals surface area contributed by atoms with Gasteiger partial charge in [-0.1, -0.05) is 146 Å². The van der Waals surface area contributed by atoms with E-state index in [4.69, 9.17) is 15.0 Å². The van der Waals surface area contributed by atoms with E-state index in [1.54, 1.807) is 34.0 Å². The molecule has 4 heterocycles. The third kappa shape index (κ3) is 10.2. The van der Waals surface area contributed by atoms with Crippen molar-refractivity contribution in [1.82, 2.24) is 15.0 Å². The van der Waals surface area contributed by atoms with E-state index in [1.807, 2.05) is 0 Å². The minimum Gasteiger partial charge on any atom is -0.311 e. The maximum Gasteiger partial charge on any atom is 0.174 e. The summed E-state index contributed by atoms with van der Waals surface area (Å²) in [5, 5.41) is 0. The Hall–Kier alpha value is -9.51. The van der Waals surface area contributed by atoms with Crippen LogP contribution in [-0.2, 0) is 0 Å². The molecule has 0 atom stereocenters. The smallest absolute Gasteiger partial charge is 0.174 e. The summed E-state index contributed by atoms with van der Waals surface area (Å²) in [4.78, 5) is 28.9. The van der Waals surface area contributed by atoms with E-state index in [2.05, 4.69) is 306 Å². The quantitative estimate of drug-likeness (QED) is 0.102. The molecule has 4 aromatic heterocycles. The number of benzene rings is 9. The lowest BCUT2D eigenvalue weighted by atomic mass is 10.1. The average molecular weight is 1060 g/mol. The number of anilines is 9. The zero-order valence-electron chi connectivity index (χ0n) is 42.1. The Balaban J connectivity index is 0.833. The van der Waals surface area contributed by atoms with Crippen molar-refractivity contribution >= 4 is 85.2 Å². The van der Waals surface area contributed by atoms with Crippen LogP contribution in [0.3, 0.4) is 0 Å².